The molecule has 1 amide bonds. The minimum atomic E-state index is -3.55. The van der Waals surface area contributed by atoms with Gasteiger partial charge in [-0.05, 0) is 49.1 Å². The fraction of sp³-hybridized carbons (Fsp3) is 0.364. The van der Waals surface area contributed by atoms with Gasteiger partial charge in [0.2, 0.25) is 5.91 Å². The highest BCUT2D eigenvalue weighted by Gasteiger charge is 2.33. The van der Waals surface area contributed by atoms with E-state index in [9.17, 15) is 13.2 Å². The van der Waals surface area contributed by atoms with Crippen molar-refractivity contribution in [3.8, 4) is 0 Å². The van der Waals surface area contributed by atoms with E-state index < -0.39 is 10.0 Å². The predicted octanol–water partition coefficient (Wildman–Crippen LogP) is 3.02. The van der Waals surface area contributed by atoms with Crippen molar-refractivity contribution in [1.82, 2.24) is 19.4 Å². The maximum atomic E-state index is 12.9. The Labute approximate surface area is 186 Å². The Kier molecular flexibility index (Phi) is 6.54. The number of sulfonamides is 1. The van der Waals surface area contributed by atoms with Crippen molar-refractivity contribution in [3.63, 3.8) is 0 Å². The zero-order valence-electron chi connectivity index (χ0n) is 17.4. The molecule has 0 unspecified atom stereocenters. The van der Waals surface area contributed by atoms with Crippen LogP contribution in [0.25, 0.3) is 0 Å². The molecule has 0 spiro atoms. The van der Waals surface area contributed by atoms with Gasteiger partial charge >= 0.3 is 0 Å². The Morgan fingerprint density at radius 2 is 2.00 bits per heavy atom. The molecule has 3 heterocycles. The summed E-state index contributed by atoms with van der Waals surface area (Å²) in [5.41, 5.74) is 2.12. The number of hydrogen-bond acceptors (Lipinski definition) is 5. The number of carbonyl (C=O) groups is 1. The molecule has 3 aromatic rings. The van der Waals surface area contributed by atoms with E-state index in [2.05, 4.69) is 10.4 Å². The molecule has 1 aliphatic heterocycles. The second-order valence-electron chi connectivity index (χ2n) is 7.76. The highest BCUT2D eigenvalue weighted by molar-refractivity contribution is 7.91. The summed E-state index contributed by atoms with van der Waals surface area (Å²) in [6.45, 7) is 3.61. The lowest BCUT2D eigenvalue weighted by atomic mass is 9.98. The first-order valence-electron chi connectivity index (χ1n) is 10.3. The molecule has 0 aliphatic carbocycles. The van der Waals surface area contributed by atoms with Crippen LogP contribution in [0.15, 0.2) is 59.1 Å². The van der Waals surface area contributed by atoms with Gasteiger partial charge in [-0.2, -0.15) is 9.40 Å². The quantitative estimate of drug-likeness (QED) is 0.590. The molecule has 2 aromatic heterocycles. The van der Waals surface area contributed by atoms with Gasteiger partial charge < -0.3 is 5.32 Å². The largest absolute Gasteiger partial charge is 0.352 e. The summed E-state index contributed by atoms with van der Waals surface area (Å²) in [7, 11) is -3.55. The molecule has 31 heavy (non-hydrogen) atoms. The van der Waals surface area contributed by atoms with Crippen LogP contribution in [0, 0.1) is 12.8 Å². The number of aromatic nitrogens is 2. The molecular weight excluding hydrogens is 432 g/mol. The van der Waals surface area contributed by atoms with E-state index in [4.69, 9.17) is 0 Å². The molecular formula is C22H26N4O3S2. The minimum Gasteiger partial charge on any atom is -0.352 e. The Balaban J connectivity index is 1.39. The van der Waals surface area contributed by atoms with E-state index >= 15 is 0 Å². The standard InChI is InChI=1S/C22H26N4O3S2/c1-17-9-10-21(30-17)31(28,29)26-13-4-8-20(16-26)22(27)23-14-18-6-2-3-7-19(18)15-25-12-5-11-24-25/h2-3,5-7,9-12,20H,4,8,13-16H2,1H3,(H,23,27)/t20-/m1/s1. The zero-order valence-corrected chi connectivity index (χ0v) is 19.0. The molecule has 0 radical (unpaired) electrons. The maximum Gasteiger partial charge on any atom is 0.252 e. The Morgan fingerprint density at radius 1 is 1.19 bits per heavy atom. The van der Waals surface area contributed by atoms with E-state index in [-0.39, 0.29) is 18.4 Å². The maximum absolute atomic E-state index is 12.9. The summed E-state index contributed by atoms with van der Waals surface area (Å²) >= 11 is 1.27. The van der Waals surface area contributed by atoms with E-state index in [1.165, 1.54) is 15.6 Å². The van der Waals surface area contributed by atoms with Crippen LogP contribution < -0.4 is 5.32 Å². The molecule has 1 saturated heterocycles. The van der Waals surface area contributed by atoms with Gasteiger partial charge in [-0.25, -0.2) is 8.42 Å². The first-order valence-corrected chi connectivity index (χ1v) is 12.6. The molecule has 4 rings (SSSR count). The molecule has 9 heteroatoms. The normalized spacial score (nSPS) is 17.5. The summed E-state index contributed by atoms with van der Waals surface area (Å²) in [6, 6.07) is 13.3. The molecule has 1 atom stereocenters. The fourth-order valence-electron chi connectivity index (χ4n) is 3.83. The summed E-state index contributed by atoms with van der Waals surface area (Å²) < 4.78 is 29.5. The van der Waals surface area contributed by atoms with Gasteiger partial charge in [0, 0.05) is 36.9 Å². The van der Waals surface area contributed by atoms with Crippen LogP contribution in [0.5, 0.6) is 0 Å². The van der Waals surface area contributed by atoms with Gasteiger partial charge in [-0.1, -0.05) is 24.3 Å². The second kappa shape index (κ2) is 9.33. The number of nitrogens with one attached hydrogen (secondary N) is 1. The lowest BCUT2D eigenvalue weighted by Crippen LogP contribution is -2.45. The number of hydrogen-bond donors (Lipinski definition) is 1. The second-order valence-corrected chi connectivity index (χ2v) is 11.2. The summed E-state index contributed by atoms with van der Waals surface area (Å²) in [6.07, 6.45) is 5.01. The molecule has 1 fully saturated rings. The number of thiophene rings is 1. The number of nitrogens with zero attached hydrogens (tertiary/aromatic N) is 3. The fourth-order valence-corrected chi connectivity index (χ4v) is 6.79. The van der Waals surface area contributed by atoms with Crippen molar-refractivity contribution in [3.05, 3.63) is 70.9 Å². The van der Waals surface area contributed by atoms with Crippen molar-refractivity contribution in [2.75, 3.05) is 13.1 Å². The molecule has 1 aromatic carbocycles. The third-order valence-electron chi connectivity index (χ3n) is 5.53. The summed E-state index contributed by atoms with van der Waals surface area (Å²) in [4.78, 5) is 13.8. The van der Waals surface area contributed by atoms with Crippen LogP contribution in [0.4, 0.5) is 0 Å². The lowest BCUT2D eigenvalue weighted by Gasteiger charge is -2.30. The molecule has 0 bridgehead atoms. The van der Waals surface area contributed by atoms with E-state index in [1.54, 1.807) is 12.3 Å². The Hall–Kier alpha value is -2.49. The number of benzene rings is 1. The lowest BCUT2D eigenvalue weighted by molar-refractivity contribution is -0.126. The van der Waals surface area contributed by atoms with Crippen molar-refractivity contribution in [2.45, 2.75) is 37.1 Å². The number of rotatable bonds is 7. The van der Waals surface area contributed by atoms with Gasteiger partial charge in [-0.3, -0.25) is 9.48 Å². The van der Waals surface area contributed by atoms with Gasteiger partial charge in [-0.15, -0.1) is 11.3 Å². The van der Waals surface area contributed by atoms with E-state index in [0.717, 1.165) is 16.0 Å². The van der Waals surface area contributed by atoms with Crippen molar-refractivity contribution in [2.24, 2.45) is 5.92 Å². The van der Waals surface area contributed by atoms with Gasteiger partial charge in [0.05, 0.1) is 12.5 Å². The molecule has 1 N–H and O–H groups in total. The summed E-state index contributed by atoms with van der Waals surface area (Å²) in [5, 5.41) is 7.26. The van der Waals surface area contributed by atoms with Crippen molar-refractivity contribution >= 4 is 27.3 Å². The summed E-state index contributed by atoms with van der Waals surface area (Å²) in [5.74, 6) is -0.445. The first-order chi connectivity index (χ1) is 14.9. The average molecular weight is 459 g/mol. The van der Waals surface area contributed by atoms with Gasteiger partial charge in [0.1, 0.15) is 4.21 Å². The zero-order chi connectivity index (χ0) is 21.8. The number of piperidine rings is 1. The first kappa shape index (κ1) is 21.7. The third kappa shape index (κ3) is 5.06. The number of amides is 1. The SMILES string of the molecule is Cc1ccc(S(=O)(=O)N2CCC[C@@H](C(=O)NCc3ccccc3Cn3cccn3)C2)s1. The van der Waals surface area contributed by atoms with Crippen molar-refractivity contribution in [1.29, 1.82) is 0 Å². The monoisotopic (exact) mass is 458 g/mol. The number of aryl methyl sites for hydroxylation is 1. The molecule has 1 aliphatic rings. The Bertz CT molecular complexity index is 1140. The topological polar surface area (TPSA) is 84.3 Å². The van der Waals surface area contributed by atoms with Crippen LogP contribution in [-0.4, -0.2) is 41.5 Å². The van der Waals surface area contributed by atoms with Crippen LogP contribution in [-0.2, 0) is 27.9 Å². The third-order valence-corrected chi connectivity index (χ3v) is 8.86. The number of carbonyl (C=O) groups excluding carboxylic acids is 1. The molecule has 164 valence electrons. The van der Waals surface area contributed by atoms with Gasteiger partial charge in [0.15, 0.2) is 0 Å². The van der Waals surface area contributed by atoms with Crippen molar-refractivity contribution < 1.29 is 13.2 Å². The van der Waals surface area contributed by atoms with E-state index in [1.807, 2.05) is 54.2 Å². The highest BCUT2D eigenvalue weighted by atomic mass is 32.2. The van der Waals surface area contributed by atoms with Crippen LogP contribution in [0.1, 0.15) is 28.8 Å². The smallest absolute Gasteiger partial charge is 0.252 e. The van der Waals surface area contributed by atoms with Crippen LogP contribution in [0.2, 0.25) is 0 Å². The Morgan fingerprint density at radius 3 is 2.71 bits per heavy atom. The van der Waals surface area contributed by atoms with Crippen LogP contribution in [0.3, 0.4) is 0 Å². The van der Waals surface area contributed by atoms with Gasteiger partial charge in [0.25, 0.3) is 10.0 Å². The molecule has 7 nitrogen and oxygen atoms in total. The highest BCUT2D eigenvalue weighted by Crippen LogP contribution is 2.28. The molecule has 0 saturated carbocycles. The average Bonchev–Trinajstić information content (AvgIpc) is 3.45. The predicted molar refractivity (Wildman–Crippen MR) is 120 cm³/mol. The minimum absolute atomic E-state index is 0.101. The van der Waals surface area contributed by atoms with Crippen LogP contribution >= 0.6 is 11.3 Å². The van der Waals surface area contributed by atoms with E-state index in [0.29, 0.717) is 36.7 Å².